The Morgan fingerprint density at radius 1 is 1.09 bits per heavy atom. The van der Waals surface area contributed by atoms with Crippen LogP contribution in [-0.2, 0) is 4.74 Å². The second kappa shape index (κ2) is 14.8. The predicted octanol–water partition coefficient (Wildman–Crippen LogP) is 2.72. The fourth-order valence-corrected chi connectivity index (χ4v) is 2.32. The van der Waals surface area contributed by atoms with Gasteiger partial charge in [0, 0.05) is 26.2 Å². The summed E-state index contributed by atoms with van der Waals surface area (Å²) in [4.78, 5) is 6.74. The van der Waals surface area contributed by atoms with E-state index >= 15 is 0 Å². The molecule has 0 saturated heterocycles. The number of aliphatic imine (C=N–C) groups is 1. The highest BCUT2D eigenvalue weighted by molar-refractivity contribution is 5.79. The van der Waals surface area contributed by atoms with Gasteiger partial charge in [0.15, 0.2) is 5.96 Å². The Labute approximate surface area is 144 Å². The second-order valence-electron chi connectivity index (χ2n) is 6.51. The van der Waals surface area contributed by atoms with Crippen LogP contribution in [0, 0.1) is 5.92 Å². The van der Waals surface area contributed by atoms with E-state index in [0.29, 0.717) is 12.0 Å². The first-order chi connectivity index (χ1) is 11.0. The molecule has 1 atom stereocenters. The average Bonchev–Trinajstić information content (AvgIpc) is 2.53. The van der Waals surface area contributed by atoms with Crippen LogP contribution in [0.5, 0.6) is 0 Å². The van der Waals surface area contributed by atoms with E-state index in [9.17, 15) is 0 Å². The third-order valence-electron chi connectivity index (χ3n) is 3.99. The molecule has 0 spiro atoms. The second-order valence-corrected chi connectivity index (χ2v) is 6.51. The molecule has 0 heterocycles. The summed E-state index contributed by atoms with van der Waals surface area (Å²) >= 11 is 0. The zero-order valence-corrected chi connectivity index (χ0v) is 16.3. The van der Waals surface area contributed by atoms with E-state index in [1.807, 2.05) is 7.05 Å². The zero-order valence-electron chi connectivity index (χ0n) is 16.3. The topological polar surface area (TPSA) is 48.9 Å². The van der Waals surface area contributed by atoms with Crippen LogP contribution in [0.15, 0.2) is 4.99 Å². The van der Waals surface area contributed by atoms with Crippen molar-refractivity contribution in [3.8, 4) is 0 Å². The predicted molar refractivity (Wildman–Crippen MR) is 101 cm³/mol. The molecule has 1 unspecified atom stereocenters. The van der Waals surface area contributed by atoms with Gasteiger partial charge in [-0.3, -0.25) is 4.99 Å². The third kappa shape index (κ3) is 13.3. The Hall–Kier alpha value is -0.810. The summed E-state index contributed by atoms with van der Waals surface area (Å²) in [6, 6.07) is 0.429. The molecule has 5 nitrogen and oxygen atoms in total. The number of nitrogens with zero attached hydrogens (tertiary/aromatic N) is 2. The van der Waals surface area contributed by atoms with Gasteiger partial charge in [-0.05, 0) is 51.7 Å². The summed E-state index contributed by atoms with van der Waals surface area (Å²) in [6.45, 7) is 16.9. The lowest BCUT2D eigenvalue weighted by molar-refractivity contribution is 0.128. The summed E-state index contributed by atoms with van der Waals surface area (Å²) in [6.07, 6.45) is 3.49. The summed E-state index contributed by atoms with van der Waals surface area (Å²) < 4.78 is 5.61. The van der Waals surface area contributed by atoms with Gasteiger partial charge in [-0.15, -0.1) is 0 Å². The van der Waals surface area contributed by atoms with Crippen LogP contribution in [0.2, 0.25) is 0 Å². The smallest absolute Gasteiger partial charge is 0.191 e. The van der Waals surface area contributed by atoms with E-state index in [0.717, 1.165) is 51.6 Å². The molecule has 0 fully saturated rings. The molecule has 138 valence electrons. The van der Waals surface area contributed by atoms with E-state index in [1.165, 1.54) is 13.0 Å². The molecule has 0 bridgehead atoms. The lowest BCUT2D eigenvalue weighted by atomic mass is 10.1. The van der Waals surface area contributed by atoms with Crippen molar-refractivity contribution in [3.05, 3.63) is 0 Å². The van der Waals surface area contributed by atoms with Crippen LogP contribution in [0.4, 0.5) is 0 Å². The highest BCUT2D eigenvalue weighted by atomic mass is 16.5. The monoisotopic (exact) mass is 328 g/mol. The molecule has 0 aromatic carbocycles. The van der Waals surface area contributed by atoms with Gasteiger partial charge in [0.25, 0.3) is 0 Å². The molecule has 0 aliphatic heterocycles. The maximum atomic E-state index is 5.61. The van der Waals surface area contributed by atoms with Crippen molar-refractivity contribution in [1.82, 2.24) is 15.5 Å². The van der Waals surface area contributed by atoms with Crippen molar-refractivity contribution >= 4 is 5.96 Å². The van der Waals surface area contributed by atoms with Crippen molar-refractivity contribution in [3.63, 3.8) is 0 Å². The van der Waals surface area contributed by atoms with Gasteiger partial charge in [-0.25, -0.2) is 0 Å². The number of hydrogen-bond acceptors (Lipinski definition) is 3. The molecule has 0 aliphatic rings. The Morgan fingerprint density at radius 2 is 1.78 bits per heavy atom. The molecule has 0 aromatic heterocycles. The quantitative estimate of drug-likeness (QED) is 0.310. The first-order valence-electron chi connectivity index (χ1n) is 9.30. The molecule has 23 heavy (non-hydrogen) atoms. The molecular formula is C18H40N4O. The van der Waals surface area contributed by atoms with Crippen LogP contribution in [-0.4, -0.2) is 63.3 Å². The van der Waals surface area contributed by atoms with Crippen LogP contribution < -0.4 is 10.6 Å². The van der Waals surface area contributed by atoms with E-state index in [2.05, 4.69) is 55.1 Å². The van der Waals surface area contributed by atoms with E-state index < -0.39 is 0 Å². The summed E-state index contributed by atoms with van der Waals surface area (Å²) in [5, 5.41) is 6.76. The minimum Gasteiger partial charge on any atom is -0.380 e. The summed E-state index contributed by atoms with van der Waals surface area (Å²) in [5.74, 6) is 1.57. The van der Waals surface area contributed by atoms with Crippen LogP contribution in [0.25, 0.3) is 0 Å². The largest absolute Gasteiger partial charge is 0.380 e. The van der Waals surface area contributed by atoms with E-state index in [-0.39, 0.29) is 0 Å². The van der Waals surface area contributed by atoms with Crippen molar-refractivity contribution in [2.45, 2.75) is 59.9 Å². The lowest BCUT2D eigenvalue weighted by Gasteiger charge is -2.21. The molecular weight excluding hydrogens is 288 g/mol. The van der Waals surface area contributed by atoms with Gasteiger partial charge < -0.3 is 20.3 Å². The standard InChI is InChI=1S/C18H40N4O/c1-7-22(8-2)13-9-10-17(5)21-18(19-6)20-12-15-23-14-11-16(3)4/h16-17H,7-15H2,1-6H3,(H2,19,20,21). The lowest BCUT2D eigenvalue weighted by Crippen LogP contribution is -2.43. The Balaban J connectivity index is 3.74. The Bertz CT molecular complexity index is 291. The molecule has 0 amide bonds. The average molecular weight is 329 g/mol. The molecule has 0 rings (SSSR count). The molecule has 0 aromatic rings. The van der Waals surface area contributed by atoms with Gasteiger partial charge in [-0.2, -0.15) is 0 Å². The SMILES string of the molecule is CCN(CC)CCCC(C)NC(=NC)NCCOCCC(C)C. The normalized spacial score (nSPS) is 13.7. The van der Waals surface area contributed by atoms with Crippen LogP contribution in [0.1, 0.15) is 53.9 Å². The maximum absolute atomic E-state index is 5.61. The summed E-state index contributed by atoms with van der Waals surface area (Å²) in [5.41, 5.74) is 0. The number of hydrogen-bond donors (Lipinski definition) is 2. The van der Waals surface area contributed by atoms with E-state index in [4.69, 9.17) is 4.74 Å². The Kier molecular flexibility index (Phi) is 14.2. The number of rotatable bonds is 13. The molecule has 2 N–H and O–H groups in total. The summed E-state index contributed by atoms with van der Waals surface area (Å²) in [7, 11) is 1.82. The fourth-order valence-electron chi connectivity index (χ4n) is 2.32. The fraction of sp³-hybridized carbons (Fsp3) is 0.944. The number of nitrogens with one attached hydrogen (secondary N) is 2. The van der Waals surface area contributed by atoms with Gasteiger partial charge in [0.2, 0.25) is 0 Å². The first-order valence-corrected chi connectivity index (χ1v) is 9.30. The highest BCUT2D eigenvalue weighted by Gasteiger charge is 2.06. The van der Waals surface area contributed by atoms with Crippen molar-refractivity contribution in [2.75, 3.05) is 46.4 Å². The van der Waals surface area contributed by atoms with Crippen molar-refractivity contribution in [2.24, 2.45) is 10.9 Å². The van der Waals surface area contributed by atoms with Gasteiger partial charge in [0.1, 0.15) is 0 Å². The first kappa shape index (κ1) is 22.2. The number of guanidine groups is 1. The molecule has 0 saturated carbocycles. The van der Waals surface area contributed by atoms with Gasteiger partial charge in [-0.1, -0.05) is 27.7 Å². The van der Waals surface area contributed by atoms with E-state index in [1.54, 1.807) is 0 Å². The minimum atomic E-state index is 0.429. The maximum Gasteiger partial charge on any atom is 0.191 e. The molecule has 0 radical (unpaired) electrons. The van der Waals surface area contributed by atoms with Crippen LogP contribution in [0.3, 0.4) is 0 Å². The van der Waals surface area contributed by atoms with Crippen molar-refractivity contribution < 1.29 is 4.74 Å². The van der Waals surface area contributed by atoms with Gasteiger partial charge in [0.05, 0.1) is 6.61 Å². The zero-order chi connectivity index (χ0) is 17.5. The molecule has 0 aliphatic carbocycles. The van der Waals surface area contributed by atoms with Gasteiger partial charge >= 0.3 is 0 Å². The minimum absolute atomic E-state index is 0.429. The third-order valence-corrected chi connectivity index (χ3v) is 3.99. The molecule has 5 heteroatoms. The van der Waals surface area contributed by atoms with Crippen LogP contribution >= 0.6 is 0 Å². The number of ether oxygens (including phenoxy) is 1. The highest BCUT2D eigenvalue weighted by Crippen LogP contribution is 2.00. The Morgan fingerprint density at radius 3 is 2.35 bits per heavy atom. The van der Waals surface area contributed by atoms with Crippen molar-refractivity contribution in [1.29, 1.82) is 0 Å².